The van der Waals surface area contributed by atoms with Gasteiger partial charge in [-0.15, -0.1) is 12.4 Å². The number of rotatable bonds is 5. The van der Waals surface area contributed by atoms with Crippen molar-refractivity contribution in [2.24, 2.45) is 11.7 Å². The summed E-state index contributed by atoms with van der Waals surface area (Å²) < 4.78 is 0. The standard InChI is InChI=1S/C12H15N3O3.ClH/c13-11(8-4-5-8)7-14-12(16)9-2-1-3-10(6-9)15(17)18;/h1-3,6,8,11H,4-5,7,13H2,(H,14,16);1H. The molecule has 1 fully saturated rings. The maximum atomic E-state index is 11.8. The summed E-state index contributed by atoms with van der Waals surface area (Å²) in [7, 11) is 0. The third-order valence-electron chi connectivity index (χ3n) is 3.04. The Morgan fingerprint density at radius 2 is 2.21 bits per heavy atom. The summed E-state index contributed by atoms with van der Waals surface area (Å²) in [5.41, 5.74) is 6.06. The van der Waals surface area contributed by atoms with Gasteiger partial charge in [0.1, 0.15) is 0 Å². The van der Waals surface area contributed by atoms with Gasteiger partial charge in [-0.05, 0) is 24.8 Å². The molecule has 0 spiro atoms. The van der Waals surface area contributed by atoms with Crippen molar-refractivity contribution >= 4 is 24.0 Å². The summed E-state index contributed by atoms with van der Waals surface area (Å²) in [6.07, 6.45) is 2.24. The van der Waals surface area contributed by atoms with E-state index in [4.69, 9.17) is 5.73 Å². The lowest BCUT2D eigenvalue weighted by Gasteiger charge is -2.11. The molecule has 3 N–H and O–H groups in total. The molecule has 1 aliphatic rings. The Labute approximate surface area is 116 Å². The quantitative estimate of drug-likeness (QED) is 0.632. The number of nitro groups is 1. The Morgan fingerprint density at radius 1 is 1.53 bits per heavy atom. The predicted molar refractivity (Wildman–Crippen MR) is 73.4 cm³/mol. The fourth-order valence-corrected chi connectivity index (χ4v) is 1.76. The summed E-state index contributed by atoms with van der Waals surface area (Å²) >= 11 is 0. The number of nitrogens with zero attached hydrogens (tertiary/aromatic N) is 1. The fraction of sp³-hybridized carbons (Fsp3) is 0.417. The van der Waals surface area contributed by atoms with E-state index in [-0.39, 0.29) is 35.6 Å². The Bertz CT molecular complexity index is 477. The molecule has 0 aromatic heterocycles. The normalized spacial score (nSPS) is 15.2. The summed E-state index contributed by atoms with van der Waals surface area (Å²) in [6.45, 7) is 0.409. The average Bonchev–Trinajstić information content (AvgIpc) is 3.20. The Balaban J connectivity index is 0.00000180. The predicted octanol–water partition coefficient (Wildman–Crippen LogP) is 1.48. The Morgan fingerprint density at radius 3 is 2.79 bits per heavy atom. The lowest BCUT2D eigenvalue weighted by molar-refractivity contribution is -0.384. The summed E-state index contributed by atoms with van der Waals surface area (Å²) in [5.74, 6) is 0.185. The largest absolute Gasteiger partial charge is 0.350 e. The number of halogens is 1. The van der Waals surface area contributed by atoms with Crippen LogP contribution in [0.15, 0.2) is 24.3 Å². The molecule has 0 aliphatic heterocycles. The van der Waals surface area contributed by atoms with E-state index in [1.807, 2.05) is 0 Å². The minimum absolute atomic E-state index is 0. The highest BCUT2D eigenvalue weighted by Gasteiger charge is 2.28. The van der Waals surface area contributed by atoms with Gasteiger partial charge in [-0.1, -0.05) is 6.07 Å². The van der Waals surface area contributed by atoms with Crippen LogP contribution >= 0.6 is 12.4 Å². The molecule has 1 unspecified atom stereocenters. The topological polar surface area (TPSA) is 98.3 Å². The van der Waals surface area contributed by atoms with Gasteiger partial charge in [0.25, 0.3) is 11.6 Å². The van der Waals surface area contributed by atoms with Gasteiger partial charge in [0, 0.05) is 30.3 Å². The molecule has 1 aromatic rings. The first-order valence-corrected chi connectivity index (χ1v) is 5.86. The third kappa shape index (κ3) is 4.18. The van der Waals surface area contributed by atoms with Gasteiger partial charge in [0.2, 0.25) is 0 Å². The number of benzene rings is 1. The van der Waals surface area contributed by atoms with Gasteiger partial charge in [-0.25, -0.2) is 0 Å². The molecule has 6 nitrogen and oxygen atoms in total. The Hall–Kier alpha value is -1.66. The van der Waals surface area contributed by atoms with Crippen molar-refractivity contribution < 1.29 is 9.72 Å². The minimum Gasteiger partial charge on any atom is -0.350 e. The number of nitro benzene ring substituents is 1. The zero-order valence-corrected chi connectivity index (χ0v) is 11.1. The highest BCUT2D eigenvalue weighted by Crippen LogP contribution is 2.31. The van der Waals surface area contributed by atoms with E-state index >= 15 is 0 Å². The van der Waals surface area contributed by atoms with Crippen LogP contribution in [0.2, 0.25) is 0 Å². The second-order valence-electron chi connectivity index (χ2n) is 4.52. The highest BCUT2D eigenvalue weighted by molar-refractivity contribution is 5.94. The molecular weight excluding hydrogens is 270 g/mol. The molecule has 1 saturated carbocycles. The van der Waals surface area contributed by atoms with Crippen LogP contribution < -0.4 is 11.1 Å². The molecule has 0 saturated heterocycles. The number of hydrogen-bond donors (Lipinski definition) is 2. The van der Waals surface area contributed by atoms with E-state index in [1.165, 1.54) is 18.2 Å². The maximum absolute atomic E-state index is 11.8. The lowest BCUT2D eigenvalue weighted by Crippen LogP contribution is -2.38. The summed E-state index contributed by atoms with van der Waals surface area (Å²) in [5, 5.41) is 13.3. The van der Waals surface area contributed by atoms with E-state index in [2.05, 4.69) is 5.32 Å². The van der Waals surface area contributed by atoms with Crippen LogP contribution in [0.5, 0.6) is 0 Å². The number of amides is 1. The maximum Gasteiger partial charge on any atom is 0.270 e. The molecule has 1 aliphatic carbocycles. The van der Waals surface area contributed by atoms with Gasteiger partial charge < -0.3 is 11.1 Å². The number of carbonyl (C=O) groups is 1. The number of carbonyl (C=O) groups excluding carboxylic acids is 1. The van der Waals surface area contributed by atoms with Gasteiger partial charge in [-0.2, -0.15) is 0 Å². The van der Waals surface area contributed by atoms with E-state index in [9.17, 15) is 14.9 Å². The van der Waals surface area contributed by atoms with Crippen LogP contribution in [0.4, 0.5) is 5.69 Å². The molecule has 104 valence electrons. The molecule has 1 atom stereocenters. The molecule has 7 heteroatoms. The van der Waals surface area contributed by atoms with Crippen molar-refractivity contribution in [3.63, 3.8) is 0 Å². The number of nitrogens with two attached hydrogens (primary N) is 1. The van der Waals surface area contributed by atoms with Crippen LogP contribution in [0.25, 0.3) is 0 Å². The second kappa shape index (κ2) is 6.49. The van der Waals surface area contributed by atoms with E-state index < -0.39 is 4.92 Å². The van der Waals surface area contributed by atoms with Crippen molar-refractivity contribution in [2.75, 3.05) is 6.54 Å². The molecule has 0 radical (unpaired) electrons. The van der Waals surface area contributed by atoms with Crippen molar-refractivity contribution in [1.29, 1.82) is 0 Å². The van der Waals surface area contributed by atoms with E-state index in [0.717, 1.165) is 12.8 Å². The fourth-order valence-electron chi connectivity index (χ4n) is 1.76. The highest BCUT2D eigenvalue weighted by atomic mass is 35.5. The molecule has 0 bridgehead atoms. The zero-order valence-electron chi connectivity index (χ0n) is 10.2. The van der Waals surface area contributed by atoms with E-state index in [0.29, 0.717) is 12.5 Å². The van der Waals surface area contributed by atoms with Crippen LogP contribution in [0.1, 0.15) is 23.2 Å². The van der Waals surface area contributed by atoms with Crippen molar-refractivity contribution in [3.05, 3.63) is 39.9 Å². The lowest BCUT2D eigenvalue weighted by atomic mass is 10.1. The number of nitrogens with one attached hydrogen (secondary N) is 1. The van der Waals surface area contributed by atoms with Gasteiger partial charge >= 0.3 is 0 Å². The van der Waals surface area contributed by atoms with Crippen molar-refractivity contribution in [2.45, 2.75) is 18.9 Å². The third-order valence-corrected chi connectivity index (χ3v) is 3.04. The summed E-state index contributed by atoms with van der Waals surface area (Å²) in [4.78, 5) is 21.8. The number of hydrogen-bond acceptors (Lipinski definition) is 4. The van der Waals surface area contributed by atoms with Crippen LogP contribution in [-0.4, -0.2) is 23.4 Å². The zero-order chi connectivity index (χ0) is 13.1. The molecule has 0 heterocycles. The second-order valence-corrected chi connectivity index (χ2v) is 4.52. The van der Waals surface area contributed by atoms with Crippen molar-refractivity contribution in [1.82, 2.24) is 5.32 Å². The van der Waals surface area contributed by atoms with Crippen LogP contribution in [-0.2, 0) is 0 Å². The summed E-state index contributed by atoms with van der Waals surface area (Å²) in [6, 6.07) is 5.64. The molecule has 1 aromatic carbocycles. The van der Waals surface area contributed by atoms with E-state index in [1.54, 1.807) is 6.07 Å². The first-order valence-electron chi connectivity index (χ1n) is 5.86. The van der Waals surface area contributed by atoms with Crippen LogP contribution in [0, 0.1) is 16.0 Å². The van der Waals surface area contributed by atoms with Gasteiger partial charge in [-0.3, -0.25) is 14.9 Å². The van der Waals surface area contributed by atoms with Crippen LogP contribution in [0.3, 0.4) is 0 Å². The molecular formula is C12H16ClN3O3. The minimum atomic E-state index is -0.521. The molecule has 19 heavy (non-hydrogen) atoms. The van der Waals surface area contributed by atoms with Gasteiger partial charge in [0.05, 0.1) is 4.92 Å². The SMILES string of the molecule is Cl.NC(CNC(=O)c1cccc([N+](=O)[O-])c1)C1CC1. The monoisotopic (exact) mass is 285 g/mol. The molecule has 2 rings (SSSR count). The average molecular weight is 286 g/mol. The smallest absolute Gasteiger partial charge is 0.270 e. The Kier molecular flexibility index (Phi) is 5.26. The molecule has 1 amide bonds. The number of non-ortho nitro benzene ring substituents is 1. The first-order chi connectivity index (χ1) is 8.58. The van der Waals surface area contributed by atoms with Gasteiger partial charge in [0.15, 0.2) is 0 Å². The first kappa shape index (κ1) is 15.4. The van der Waals surface area contributed by atoms with Crippen molar-refractivity contribution in [3.8, 4) is 0 Å².